The maximum Gasteiger partial charge on any atom is 0.490 e. The molecule has 2 aliphatic heterocycles. The molecule has 56 heavy (non-hydrogen) atoms. The molecule has 2 amide bonds. The summed E-state index contributed by atoms with van der Waals surface area (Å²) in [5, 5.41) is 25.8. The Balaban J connectivity index is 0.000000512. The van der Waals surface area contributed by atoms with Crippen LogP contribution in [0.15, 0.2) is 24.3 Å². The van der Waals surface area contributed by atoms with Crippen LogP contribution in [0.25, 0.3) is 11.3 Å². The van der Waals surface area contributed by atoms with Crippen LogP contribution in [0.4, 0.5) is 36.8 Å². The minimum atomic E-state index is -5.08. The third-order valence-corrected chi connectivity index (χ3v) is 11.6. The summed E-state index contributed by atoms with van der Waals surface area (Å²) < 4.78 is 89.1. The Hall–Kier alpha value is -4.15. The number of H-pyrrole nitrogens is 1. The third kappa shape index (κ3) is 12.9. The maximum atomic E-state index is 14.0. The second-order valence-corrected chi connectivity index (χ2v) is 16.2. The lowest BCUT2D eigenvalue weighted by Gasteiger charge is -2.34. The second kappa shape index (κ2) is 18.9. The molecule has 0 unspecified atom stereocenters. The molecule has 1 saturated carbocycles. The predicted octanol–water partition coefficient (Wildman–Crippen LogP) is 5.80. The van der Waals surface area contributed by atoms with Crippen LogP contribution in [-0.4, -0.2) is 111 Å². The molecule has 1 aliphatic carbocycles. The van der Waals surface area contributed by atoms with Crippen molar-refractivity contribution in [3.8, 4) is 11.3 Å². The highest BCUT2D eigenvalue weighted by Crippen LogP contribution is 2.44. The van der Waals surface area contributed by atoms with Crippen LogP contribution in [0.2, 0.25) is 5.15 Å². The lowest BCUT2D eigenvalue weighted by molar-refractivity contribution is -0.193. The summed E-state index contributed by atoms with van der Waals surface area (Å²) in [4.78, 5) is 52.8. The molecule has 7 N–H and O–H groups in total. The summed E-state index contributed by atoms with van der Waals surface area (Å²) in [7, 11) is -3.22. The van der Waals surface area contributed by atoms with E-state index in [4.69, 9.17) is 42.2 Å². The van der Waals surface area contributed by atoms with E-state index in [0.717, 1.165) is 50.5 Å². The van der Waals surface area contributed by atoms with Gasteiger partial charge in [-0.25, -0.2) is 32.1 Å². The van der Waals surface area contributed by atoms with Gasteiger partial charge in [-0.05, 0) is 81.8 Å². The molecule has 3 atom stereocenters. The molecule has 314 valence electrons. The fraction of sp³-hybridized carbons (Fsp3) is 0.606. The number of carbonyl (C=O) groups excluding carboxylic acids is 1. The average Bonchev–Trinajstić information content (AvgIpc) is 3.71. The standard InChI is InChI=1S/C29H41ClN6O5S.2C2HF3O2/c1-17(31)18-3-5-21(6-4-18)28(37)36-16-22(19-11-13-35(14-12-19)42(2,40)41)15-24(36)27-33-25(26(30)34-27)20-7-9-23(10-8-20)32-29(38)39;2*3-2(4,5)1(6)7/h7-10,17-19,21-22,24,32H,3-6,11-16,31H2,1-2H3,(H,33,34)(H,38,39);2*(H,6,7)/t17-,18-,21-,22-,24-;;/m0../s1. The first-order chi connectivity index (χ1) is 25.8. The number of sulfonamides is 1. The highest BCUT2D eigenvalue weighted by atomic mass is 35.5. The van der Waals surface area contributed by atoms with E-state index >= 15 is 0 Å². The number of nitrogens with one attached hydrogen (secondary N) is 2. The molecular formula is C33H43ClF6N6O9S. The van der Waals surface area contributed by atoms with Crippen LogP contribution in [0.1, 0.15) is 63.7 Å². The summed E-state index contributed by atoms with van der Waals surface area (Å²) in [5.41, 5.74) is 7.96. The fourth-order valence-electron chi connectivity index (χ4n) is 7.08. The first-order valence-corrected chi connectivity index (χ1v) is 19.5. The number of anilines is 1. The Morgan fingerprint density at radius 3 is 1.84 bits per heavy atom. The molecule has 23 heteroatoms. The summed E-state index contributed by atoms with van der Waals surface area (Å²) in [5.74, 6) is -3.79. The zero-order valence-corrected chi connectivity index (χ0v) is 31.7. The number of likely N-dealkylation sites (tertiary alicyclic amines) is 1. The minimum absolute atomic E-state index is 0.0486. The molecule has 1 aromatic carbocycles. The van der Waals surface area contributed by atoms with Crippen LogP contribution in [0.5, 0.6) is 0 Å². The zero-order valence-electron chi connectivity index (χ0n) is 30.1. The van der Waals surface area contributed by atoms with E-state index in [9.17, 15) is 44.3 Å². The Morgan fingerprint density at radius 1 is 0.911 bits per heavy atom. The number of piperidine rings is 1. The van der Waals surface area contributed by atoms with Gasteiger partial charge in [-0.3, -0.25) is 10.1 Å². The molecule has 1 aromatic heterocycles. The molecule has 3 heterocycles. The van der Waals surface area contributed by atoms with Crippen LogP contribution in [0.3, 0.4) is 0 Å². The van der Waals surface area contributed by atoms with E-state index < -0.39 is 40.4 Å². The van der Waals surface area contributed by atoms with Gasteiger partial charge in [0.25, 0.3) is 0 Å². The highest BCUT2D eigenvalue weighted by molar-refractivity contribution is 7.88. The van der Waals surface area contributed by atoms with Crippen molar-refractivity contribution >= 4 is 51.3 Å². The van der Waals surface area contributed by atoms with E-state index in [2.05, 4.69) is 15.3 Å². The molecule has 0 spiro atoms. The Labute approximate surface area is 322 Å². The number of halogens is 7. The lowest BCUT2D eigenvalue weighted by atomic mass is 9.78. The zero-order chi connectivity index (χ0) is 42.3. The van der Waals surface area contributed by atoms with Gasteiger partial charge in [0, 0.05) is 42.8 Å². The summed E-state index contributed by atoms with van der Waals surface area (Å²) in [6.07, 6.45) is -4.23. The van der Waals surface area contributed by atoms with Crippen molar-refractivity contribution in [1.82, 2.24) is 19.2 Å². The summed E-state index contributed by atoms with van der Waals surface area (Å²) >= 11 is 6.62. The lowest BCUT2D eigenvalue weighted by Crippen LogP contribution is -2.41. The number of nitrogens with zero attached hydrogens (tertiary/aromatic N) is 3. The number of imidazole rings is 1. The van der Waals surface area contributed by atoms with Crippen molar-refractivity contribution in [2.24, 2.45) is 29.4 Å². The molecule has 2 saturated heterocycles. The molecule has 3 aliphatic rings. The number of benzene rings is 1. The van der Waals surface area contributed by atoms with Gasteiger partial charge in [0.15, 0.2) is 5.15 Å². The Bertz CT molecular complexity index is 1770. The first kappa shape index (κ1) is 46.2. The van der Waals surface area contributed by atoms with Crippen molar-refractivity contribution in [3.05, 3.63) is 35.2 Å². The largest absolute Gasteiger partial charge is 0.490 e. The number of carboxylic acids is 2. The van der Waals surface area contributed by atoms with Crippen molar-refractivity contribution in [3.63, 3.8) is 0 Å². The minimum Gasteiger partial charge on any atom is -0.475 e. The number of carbonyl (C=O) groups is 4. The van der Waals surface area contributed by atoms with Crippen LogP contribution >= 0.6 is 11.6 Å². The second-order valence-electron chi connectivity index (χ2n) is 13.9. The number of aliphatic carboxylic acids is 2. The average molecular weight is 849 g/mol. The van der Waals surface area contributed by atoms with Gasteiger partial charge in [0.2, 0.25) is 15.9 Å². The van der Waals surface area contributed by atoms with Crippen molar-refractivity contribution in [1.29, 1.82) is 0 Å². The Kier molecular flexibility index (Phi) is 15.6. The SMILES string of the molecule is C[C@H](N)[C@H]1CC[C@H](C(=O)N2C[C@@H](C3CCN(S(C)(=O)=O)CC3)C[C@H]2c2nc(Cl)c(-c3ccc(NC(=O)O)cc3)[nH]2)CC1.O=C(O)C(F)(F)F.O=C(O)C(F)(F)F. The molecule has 2 aromatic rings. The quantitative estimate of drug-likeness (QED) is 0.182. The molecule has 0 radical (unpaired) electrons. The third-order valence-electron chi connectivity index (χ3n) is 10.0. The molecule has 15 nitrogen and oxygen atoms in total. The fourth-order valence-corrected chi connectivity index (χ4v) is 8.20. The van der Waals surface area contributed by atoms with Crippen LogP contribution in [0, 0.1) is 23.7 Å². The highest BCUT2D eigenvalue weighted by Gasteiger charge is 2.45. The summed E-state index contributed by atoms with van der Waals surface area (Å²) in [6.45, 7) is 3.66. The van der Waals surface area contributed by atoms with Gasteiger partial charge in [-0.2, -0.15) is 26.3 Å². The number of hydrogen-bond acceptors (Lipinski definition) is 8. The van der Waals surface area contributed by atoms with Gasteiger partial charge in [0.05, 0.1) is 18.0 Å². The molecular weight excluding hydrogens is 806 g/mol. The van der Waals surface area contributed by atoms with Crippen molar-refractivity contribution in [2.45, 2.75) is 76.3 Å². The number of aromatic nitrogens is 2. The van der Waals surface area contributed by atoms with Gasteiger partial charge >= 0.3 is 30.4 Å². The summed E-state index contributed by atoms with van der Waals surface area (Å²) in [6, 6.07) is 6.70. The molecule has 5 rings (SSSR count). The van der Waals surface area contributed by atoms with E-state index in [1.54, 1.807) is 28.6 Å². The number of nitrogens with two attached hydrogens (primary N) is 1. The molecule has 0 bridgehead atoms. The van der Waals surface area contributed by atoms with Crippen molar-refractivity contribution < 1.29 is 69.3 Å². The Morgan fingerprint density at radius 2 is 1.41 bits per heavy atom. The normalized spacial score (nSPS) is 22.9. The van der Waals surface area contributed by atoms with Crippen LogP contribution < -0.4 is 11.1 Å². The topological polar surface area (TPSA) is 236 Å². The van der Waals surface area contributed by atoms with E-state index in [0.29, 0.717) is 53.8 Å². The molecule has 3 fully saturated rings. The number of hydrogen-bond donors (Lipinski definition) is 6. The van der Waals surface area contributed by atoms with Crippen LogP contribution in [-0.2, 0) is 24.4 Å². The predicted molar refractivity (Wildman–Crippen MR) is 189 cm³/mol. The van der Waals surface area contributed by atoms with Gasteiger partial charge in [-0.15, -0.1) is 0 Å². The number of rotatable bonds is 7. The number of aromatic amines is 1. The van der Waals surface area contributed by atoms with E-state index in [1.807, 2.05) is 11.8 Å². The number of amides is 2. The monoisotopic (exact) mass is 848 g/mol. The van der Waals surface area contributed by atoms with Gasteiger partial charge in [-0.1, -0.05) is 23.7 Å². The number of alkyl halides is 6. The van der Waals surface area contributed by atoms with Gasteiger partial charge < -0.3 is 30.9 Å². The van der Waals surface area contributed by atoms with Crippen molar-refractivity contribution in [2.75, 3.05) is 31.2 Å². The number of carboxylic acid groups (broad SMARTS) is 3. The first-order valence-electron chi connectivity index (χ1n) is 17.3. The van der Waals surface area contributed by atoms with E-state index in [1.165, 1.54) is 6.26 Å². The smallest absolute Gasteiger partial charge is 0.475 e. The van der Waals surface area contributed by atoms with Gasteiger partial charge in [0.1, 0.15) is 5.82 Å². The van der Waals surface area contributed by atoms with E-state index in [-0.39, 0.29) is 29.8 Å². The maximum absolute atomic E-state index is 14.0.